The van der Waals surface area contributed by atoms with E-state index in [1.807, 2.05) is 0 Å². The molecule has 1 aromatic heterocycles. The summed E-state index contributed by atoms with van der Waals surface area (Å²) in [5, 5.41) is 7.21. The number of hydrogen-bond acceptors (Lipinski definition) is 1. The zero-order valence-electron chi connectivity index (χ0n) is 8.67. The SMILES string of the molecule is Cc1n[nH]c(C)c1CC[C]1[CH][CH][CH][CH]1. The maximum atomic E-state index is 4.19. The van der Waals surface area contributed by atoms with Crippen LogP contribution in [0.1, 0.15) is 23.4 Å². The van der Waals surface area contributed by atoms with Gasteiger partial charge >= 0.3 is 0 Å². The molecule has 1 heterocycles. The van der Waals surface area contributed by atoms with E-state index in [4.69, 9.17) is 0 Å². The maximum absolute atomic E-state index is 4.19. The van der Waals surface area contributed by atoms with Crippen LogP contribution in [0, 0.1) is 45.4 Å². The summed E-state index contributed by atoms with van der Waals surface area (Å²) in [5.41, 5.74) is 3.70. The van der Waals surface area contributed by atoms with Crippen molar-refractivity contribution in [2.45, 2.75) is 26.7 Å². The fraction of sp³-hybridized carbons (Fsp3) is 0.333. The molecule has 1 aliphatic carbocycles. The van der Waals surface area contributed by atoms with Crippen molar-refractivity contribution in [3.8, 4) is 0 Å². The van der Waals surface area contributed by atoms with Crippen LogP contribution in [0.2, 0.25) is 0 Å². The van der Waals surface area contributed by atoms with Gasteiger partial charge in [-0.25, -0.2) is 0 Å². The van der Waals surface area contributed by atoms with Crippen molar-refractivity contribution in [3.63, 3.8) is 0 Å². The Morgan fingerprint density at radius 3 is 2.43 bits per heavy atom. The molecule has 1 aromatic rings. The summed E-state index contributed by atoms with van der Waals surface area (Å²) in [6.45, 7) is 4.14. The molecular formula is C12H15N2. The highest BCUT2D eigenvalue weighted by Gasteiger charge is 2.17. The standard InChI is InChI=1S/C12H15N2/c1-9-12(10(2)14-13-9)8-7-11-5-3-4-6-11/h3-6H,7-8H2,1-2H3,(H,13,14). The Morgan fingerprint density at radius 2 is 1.86 bits per heavy atom. The van der Waals surface area contributed by atoms with Crippen LogP contribution in [0.15, 0.2) is 0 Å². The molecule has 1 N–H and O–H groups in total. The summed E-state index contributed by atoms with van der Waals surface area (Å²) in [5.74, 6) is 1.41. The topological polar surface area (TPSA) is 28.7 Å². The van der Waals surface area contributed by atoms with E-state index in [2.05, 4.69) is 49.7 Å². The van der Waals surface area contributed by atoms with E-state index in [-0.39, 0.29) is 0 Å². The monoisotopic (exact) mass is 187 g/mol. The first-order valence-corrected chi connectivity index (χ1v) is 4.98. The van der Waals surface area contributed by atoms with Crippen LogP contribution < -0.4 is 0 Å². The number of aromatic nitrogens is 2. The van der Waals surface area contributed by atoms with Crippen LogP contribution >= 0.6 is 0 Å². The number of nitrogens with one attached hydrogen (secondary N) is 1. The Balaban J connectivity index is 1.90. The van der Waals surface area contributed by atoms with E-state index in [0.717, 1.165) is 18.5 Å². The van der Waals surface area contributed by atoms with Crippen molar-refractivity contribution in [1.29, 1.82) is 0 Å². The first-order valence-electron chi connectivity index (χ1n) is 4.98. The Hall–Kier alpha value is -0.790. The second kappa shape index (κ2) is 4.16. The second-order valence-corrected chi connectivity index (χ2v) is 3.71. The molecule has 2 nitrogen and oxygen atoms in total. The highest BCUT2D eigenvalue weighted by Crippen LogP contribution is 2.28. The lowest BCUT2D eigenvalue weighted by Crippen LogP contribution is -1.97. The van der Waals surface area contributed by atoms with Crippen molar-refractivity contribution >= 4 is 0 Å². The molecule has 1 fully saturated rings. The van der Waals surface area contributed by atoms with Crippen LogP contribution in [0.25, 0.3) is 0 Å². The molecule has 0 aliphatic heterocycles. The summed E-state index contributed by atoms with van der Waals surface area (Å²) in [7, 11) is 0. The Morgan fingerprint density at radius 1 is 1.14 bits per heavy atom. The minimum atomic E-state index is 1.08. The predicted molar refractivity (Wildman–Crippen MR) is 56.8 cm³/mol. The summed E-state index contributed by atoms with van der Waals surface area (Å²) >= 11 is 0. The van der Waals surface area contributed by atoms with Gasteiger partial charge in [0.1, 0.15) is 0 Å². The van der Waals surface area contributed by atoms with E-state index in [0.29, 0.717) is 0 Å². The minimum absolute atomic E-state index is 1.08. The maximum Gasteiger partial charge on any atom is 0.0625 e. The van der Waals surface area contributed by atoms with E-state index in [1.54, 1.807) is 0 Å². The fourth-order valence-corrected chi connectivity index (χ4v) is 1.79. The van der Waals surface area contributed by atoms with Gasteiger partial charge in [-0.15, -0.1) is 0 Å². The first-order chi connectivity index (χ1) is 6.77. The quantitative estimate of drug-likeness (QED) is 0.773. The highest BCUT2D eigenvalue weighted by atomic mass is 15.1. The molecule has 0 atom stereocenters. The zero-order valence-corrected chi connectivity index (χ0v) is 8.67. The van der Waals surface area contributed by atoms with Crippen LogP contribution in [0.3, 0.4) is 0 Å². The summed E-state index contributed by atoms with van der Waals surface area (Å²) in [4.78, 5) is 0. The molecule has 14 heavy (non-hydrogen) atoms. The second-order valence-electron chi connectivity index (χ2n) is 3.71. The third kappa shape index (κ3) is 1.99. The Kier molecular flexibility index (Phi) is 2.90. The van der Waals surface area contributed by atoms with Crippen molar-refractivity contribution in [1.82, 2.24) is 10.2 Å². The van der Waals surface area contributed by atoms with Gasteiger partial charge in [-0.05, 0) is 63.9 Å². The number of nitrogens with zero attached hydrogens (tertiary/aromatic N) is 1. The molecule has 0 aromatic carbocycles. The molecular weight excluding hydrogens is 172 g/mol. The van der Waals surface area contributed by atoms with Crippen molar-refractivity contribution < 1.29 is 0 Å². The summed E-state index contributed by atoms with van der Waals surface area (Å²) in [6, 6.07) is 0. The van der Waals surface area contributed by atoms with Gasteiger partial charge in [-0.2, -0.15) is 5.10 Å². The lowest BCUT2D eigenvalue weighted by molar-refractivity contribution is 0.870. The summed E-state index contributed by atoms with van der Waals surface area (Å²) in [6.07, 6.45) is 10.7. The van der Waals surface area contributed by atoms with Crippen molar-refractivity contribution in [3.05, 3.63) is 48.6 Å². The molecule has 0 bridgehead atoms. The average molecular weight is 187 g/mol. The van der Waals surface area contributed by atoms with Gasteiger partial charge in [0.05, 0.1) is 5.69 Å². The fourth-order valence-electron chi connectivity index (χ4n) is 1.79. The first kappa shape index (κ1) is 9.75. The smallest absolute Gasteiger partial charge is 0.0625 e. The number of aromatic amines is 1. The Labute approximate surface area is 86.1 Å². The van der Waals surface area contributed by atoms with Crippen molar-refractivity contribution in [2.24, 2.45) is 0 Å². The van der Waals surface area contributed by atoms with Crippen LogP contribution in [-0.2, 0) is 6.42 Å². The van der Waals surface area contributed by atoms with Gasteiger partial charge in [0.2, 0.25) is 0 Å². The Bertz CT molecular complexity index is 276. The van der Waals surface area contributed by atoms with Gasteiger partial charge in [0, 0.05) is 5.69 Å². The van der Waals surface area contributed by atoms with Gasteiger partial charge in [0.15, 0.2) is 0 Å². The van der Waals surface area contributed by atoms with Crippen LogP contribution in [-0.4, -0.2) is 10.2 Å². The van der Waals surface area contributed by atoms with Gasteiger partial charge in [-0.3, -0.25) is 5.10 Å². The number of hydrogen-bond donors (Lipinski definition) is 1. The van der Waals surface area contributed by atoms with Gasteiger partial charge in [-0.1, -0.05) is 0 Å². The third-order valence-corrected chi connectivity index (χ3v) is 2.68. The number of H-pyrrole nitrogens is 1. The number of aryl methyl sites for hydroxylation is 2. The van der Waals surface area contributed by atoms with Crippen LogP contribution in [0.4, 0.5) is 0 Å². The molecule has 0 saturated heterocycles. The molecule has 2 rings (SSSR count). The predicted octanol–water partition coefficient (Wildman–Crippen LogP) is 2.36. The molecule has 73 valence electrons. The molecule has 2 heteroatoms. The minimum Gasteiger partial charge on any atom is -0.282 e. The van der Waals surface area contributed by atoms with E-state index in [9.17, 15) is 0 Å². The van der Waals surface area contributed by atoms with Gasteiger partial charge in [0.25, 0.3) is 0 Å². The molecule has 0 amide bonds. The normalized spacial score (nSPS) is 17.9. The molecule has 1 saturated carbocycles. The summed E-state index contributed by atoms with van der Waals surface area (Å²) < 4.78 is 0. The molecule has 5 radical (unpaired) electrons. The number of rotatable bonds is 3. The molecule has 0 unspecified atom stereocenters. The van der Waals surface area contributed by atoms with E-state index >= 15 is 0 Å². The lowest BCUT2D eigenvalue weighted by atomic mass is 9.97. The largest absolute Gasteiger partial charge is 0.282 e. The highest BCUT2D eigenvalue weighted by molar-refractivity contribution is 5.36. The van der Waals surface area contributed by atoms with Gasteiger partial charge < -0.3 is 0 Å². The van der Waals surface area contributed by atoms with Crippen molar-refractivity contribution in [2.75, 3.05) is 0 Å². The lowest BCUT2D eigenvalue weighted by Gasteiger charge is -2.07. The van der Waals surface area contributed by atoms with E-state index < -0.39 is 0 Å². The third-order valence-electron chi connectivity index (χ3n) is 2.68. The molecule has 0 spiro atoms. The molecule has 1 aliphatic rings. The zero-order chi connectivity index (χ0) is 9.97. The van der Waals surface area contributed by atoms with Crippen LogP contribution in [0.5, 0.6) is 0 Å². The average Bonchev–Trinajstić information content (AvgIpc) is 2.76. The van der Waals surface area contributed by atoms with E-state index in [1.165, 1.54) is 17.2 Å².